The third-order valence-corrected chi connectivity index (χ3v) is 4.63. The molecule has 6 heteroatoms. The van der Waals surface area contributed by atoms with E-state index in [0.29, 0.717) is 17.9 Å². The van der Waals surface area contributed by atoms with E-state index in [0.717, 1.165) is 42.7 Å². The summed E-state index contributed by atoms with van der Waals surface area (Å²) >= 11 is 0. The first kappa shape index (κ1) is 17.2. The molecule has 0 radical (unpaired) electrons. The summed E-state index contributed by atoms with van der Waals surface area (Å²) in [5.41, 5.74) is 2.87. The summed E-state index contributed by atoms with van der Waals surface area (Å²) in [6, 6.07) is 5.90. The van der Waals surface area contributed by atoms with Crippen LogP contribution in [0.2, 0.25) is 0 Å². The minimum absolute atomic E-state index is 0.123. The van der Waals surface area contributed by atoms with Crippen molar-refractivity contribution in [2.24, 2.45) is 0 Å². The molecule has 132 valence electrons. The highest BCUT2D eigenvalue weighted by Gasteiger charge is 2.27. The van der Waals surface area contributed by atoms with Crippen molar-refractivity contribution in [3.05, 3.63) is 49.8 Å². The van der Waals surface area contributed by atoms with E-state index in [1.54, 1.807) is 0 Å². The summed E-state index contributed by atoms with van der Waals surface area (Å²) < 4.78 is 0. The Morgan fingerprint density at radius 1 is 1.12 bits per heavy atom. The summed E-state index contributed by atoms with van der Waals surface area (Å²) in [5.74, 6) is -0.123. The van der Waals surface area contributed by atoms with Gasteiger partial charge in [0.15, 0.2) is 0 Å². The number of carbonyl (C=O) groups excluding carboxylic acids is 1. The number of rotatable bonds is 6. The van der Waals surface area contributed by atoms with Gasteiger partial charge in [-0.3, -0.25) is 14.4 Å². The van der Waals surface area contributed by atoms with E-state index in [4.69, 9.17) is 0 Å². The topological polar surface area (TPSA) is 78.5 Å². The third kappa shape index (κ3) is 3.57. The number of hydrogen-bond donors (Lipinski definition) is 2. The maximum absolute atomic E-state index is 12.1. The van der Waals surface area contributed by atoms with Gasteiger partial charge in [-0.15, -0.1) is 0 Å². The molecule has 0 unspecified atom stereocenters. The molecule has 2 N–H and O–H groups in total. The average molecular weight is 341 g/mol. The summed E-state index contributed by atoms with van der Waals surface area (Å²) in [6.07, 6.45) is 2.30. The molecule has 1 aliphatic heterocycles. The van der Waals surface area contributed by atoms with E-state index >= 15 is 0 Å². The fourth-order valence-electron chi connectivity index (χ4n) is 3.17. The normalized spacial score (nSPS) is 14.1. The van der Waals surface area contributed by atoms with E-state index in [1.807, 2.05) is 36.9 Å². The zero-order valence-corrected chi connectivity index (χ0v) is 14.6. The molecule has 2 aromatic carbocycles. The summed E-state index contributed by atoms with van der Waals surface area (Å²) in [6.45, 7) is 5.86. The van der Waals surface area contributed by atoms with Gasteiger partial charge in [-0.25, -0.2) is 0 Å². The SMILES string of the molecule is Cc1ccc(C)c(NC(=O)CCNc2c(N3CCCC3)c(=O)c2=O)c1. The van der Waals surface area contributed by atoms with Crippen LogP contribution >= 0.6 is 0 Å². The summed E-state index contributed by atoms with van der Waals surface area (Å²) in [5, 5.41) is 5.87. The van der Waals surface area contributed by atoms with E-state index in [1.165, 1.54) is 0 Å². The van der Waals surface area contributed by atoms with Crippen LogP contribution in [0.4, 0.5) is 17.1 Å². The number of benzene rings is 1. The van der Waals surface area contributed by atoms with Crippen molar-refractivity contribution in [2.75, 3.05) is 35.2 Å². The number of amides is 1. The van der Waals surface area contributed by atoms with Crippen LogP contribution in [0.25, 0.3) is 0 Å². The molecule has 2 aromatic rings. The molecule has 0 aliphatic carbocycles. The number of nitrogens with one attached hydrogen (secondary N) is 2. The van der Waals surface area contributed by atoms with E-state index in [2.05, 4.69) is 10.6 Å². The Morgan fingerprint density at radius 3 is 2.56 bits per heavy atom. The minimum Gasteiger partial charge on any atom is -0.379 e. The third-order valence-electron chi connectivity index (χ3n) is 4.63. The van der Waals surface area contributed by atoms with E-state index < -0.39 is 10.9 Å². The van der Waals surface area contributed by atoms with Gasteiger partial charge in [0.1, 0.15) is 11.4 Å². The lowest BCUT2D eigenvalue weighted by atomic mass is 10.1. The zero-order valence-electron chi connectivity index (χ0n) is 14.6. The fourth-order valence-corrected chi connectivity index (χ4v) is 3.17. The van der Waals surface area contributed by atoms with Gasteiger partial charge in [-0.2, -0.15) is 0 Å². The second-order valence-electron chi connectivity index (χ2n) is 6.62. The molecule has 1 fully saturated rings. The van der Waals surface area contributed by atoms with Gasteiger partial charge >= 0.3 is 0 Å². The van der Waals surface area contributed by atoms with Crippen molar-refractivity contribution in [3.8, 4) is 0 Å². The summed E-state index contributed by atoms with van der Waals surface area (Å²) in [4.78, 5) is 37.7. The minimum atomic E-state index is -0.475. The molecule has 1 heterocycles. The smallest absolute Gasteiger partial charge is 0.253 e. The van der Waals surface area contributed by atoms with Crippen LogP contribution in [-0.4, -0.2) is 25.5 Å². The van der Waals surface area contributed by atoms with Crippen LogP contribution in [0, 0.1) is 13.8 Å². The molecular weight excluding hydrogens is 318 g/mol. The van der Waals surface area contributed by atoms with Gasteiger partial charge in [-0.1, -0.05) is 12.1 Å². The lowest BCUT2D eigenvalue weighted by Gasteiger charge is -2.22. The molecule has 0 spiro atoms. The maximum Gasteiger partial charge on any atom is 0.253 e. The molecule has 1 amide bonds. The fraction of sp³-hybridized carbons (Fsp3) is 0.421. The van der Waals surface area contributed by atoms with Crippen LogP contribution in [-0.2, 0) is 4.79 Å². The first-order valence-electron chi connectivity index (χ1n) is 8.66. The van der Waals surface area contributed by atoms with E-state index in [9.17, 15) is 14.4 Å². The quantitative estimate of drug-likeness (QED) is 0.785. The molecule has 25 heavy (non-hydrogen) atoms. The molecule has 3 rings (SSSR count). The lowest BCUT2D eigenvalue weighted by Crippen LogP contribution is -2.42. The Labute approximate surface area is 146 Å². The highest BCUT2D eigenvalue weighted by atomic mass is 16.2. The molecule has 0 bridgehead atoms. The second-order valence-corrected chi connectivity index (χ2v) is 6.62. The number of anilines is 3. The highest BCUT2D eigenvalue weighted by Crippen LogP contribution is 2.24. The Hall–Kier alpha value is -2.63. The van der Waals surface area contributed by atoms with Crippen molar-refractivity contribution in [1.29, 1.82) is 0 Å². The van der Waals surface area contributed by atoms with Crippen LogP contribution in [0.1, 0.15) is 30.4 Å². The second kappa shape index (κ2) is 7.09. The molecule has 0 atom stereocenters. The van der Waals surface area contributed by atoms with Crippen molar-refractivity contribution in [2.45, 2.75) is 33.1 Å². The van der Waals surface area contributed by atoms with Gasteiger partial charge in [0.25, 0.3) is 10.9 Å². The van der Waals surface area contributed by atoms with Crippen molar-refractivity contribution in [1.82, 2.24) is 0 Å². The number of carbonyl (C=O) groups is 1. The van der Waals surface area contributed by atoms with Gasteiger partial charge in [0.05, 0.1) is 0 Å². The Kier molecular flexibility index (Phi) is 4.88. The van der Waals surface area contributed by atoms with Crippen molar-refractivity contribution in [3.63, 3.8) is 0 Å². The van der Waals surface area contributed by atoms with Gasteiger partial charge in [0, 0.05) is 31.7 Å². The van der Waals surface area contributed by atoms with Crippen LogP contribution in [0.3, 0.4) is 0 Å². The van der Waals surface area contributed by atoms with E-state index in [-0.39, 0.29) is 12.3 Å². The predicted octanol–water partition coefficient (Wildman–Crippen LogP) is 1.94. The monoisotopic (exact) mass is 341 g/mol. The maximum atomic E-state index is 12.1. The zero-order chi connectivity index (χ0) is 18.0. The molecular formula is C19H23N3O3. The van der Waals surface area contributed by atoms with Gasteiger partial charge < -0.3 is 15.5 Å². The average Bonchev–Trinajstić information content (AvgIpc) is 3.10. The van der Waals surface area contributed by atoms with Crippen molar-refractivity contribution < 1.29 is 4.79 Å². The molecule has 0 aromatic heterocycles. The van der Waals surface area contributed by atoms with Crippen molar-refractivity contribution >= 4 is 23.0 Å². The summed E-state index contributed by atoms with van der Waals surface area (Å²) in [7, 11) is 0. The molecule has 0 saturated carbocycles. The van der Waals surface area contributed by atoms with Crippen LogP contribution < -0.4 is 26.4 Å². The lowest BCUT2D eigenvalue weighted by molar-refractivity contribution is -0.115. The number of nitrogens with zero attached hydrogens (tertiary/aromatic N) is 1. The first-order valence-corrected chi connectivity index (χ1v) is 8.66. The molecule has 6 nitrogen and oxygen atoms in total. The largest absolute Gasteiger partial charge is 0.379 e. The van der Waals surface area contributed by atoms with Crippen LogP contribution in [0.15, 0.2) is 27.8 Å². The standard InChI is InChI=1S/C19H23N3O3/c1-12-5-6-13(2)14(11-12)21-15(23)7-8-20-16-17(19(25)18(16)24)22-9-3-4-10-22/h5-6,11,20H,3-4,7-10H2,1-2H3,(H,21,23). The molecule has 1 saturated heterocycles. The highest BCUT2D eigenvalue weighted by molar-refractivity contribution is 5.92. The van der Waals surface area contributed by atoms with Gasteiger partial charge in [-0.05, 0) is 43.9 Å². The first-order chi connectivity index (χ1) is 12.0. The number of aryl methyl sites for hydroxylation is 2. The van der Waals surface area contributed by atoms with Gasteiger partial charge in [0.2, 0.25) is 5.91 Å². The number of hydrogen-bond acceptors (Lipinski definition) is 5. The molecule has 1 aliphatic rings. The Morgan fingerprint density at radius 2 is 1.84 bits per heavy atom. The van der Waals surface area contributed by atoms with Crippen LogP contribution in [0.5, 0.6) is 0 Å². The Bertz CT molecular complexity index is 859. The Balaban J connectivity index is 1.56. The predicted molar refractivity (Wildman–Crippen MR) is 100 cm³/mol.